The summed E-state index contributed by atoms with van der Waals surface area (Å²) in [5, 5.41) is 3.17. The number of aryl methyl sites for hydroxylation is 1. The van der Waals surface area contributed by atoms with E-state index in [4.69, 9.17) is 5.73 Å². The second-order valence-electron chi connectivity index (χ2n) is 2.40. The van der Waals surface area contributed by atoms with Gasteiger partial charge in [-0.3, -0.25) is 4.98 Å². The van der Waals surface area contributed by atoms with Crippen LogP contribution >= 0.6 is 0 Å². The maximum absolute atomic E-state index is 5.34. The molecule has 1 rings (SSSR count). The number of nitrogens with one attached hydrogen (secondary N) is 1. The second-order valence-corrected chi connectivity index (χ2v) is 2.40. The minimum absolute atomic E-state index is 0.654. The third kappa shape index (κ3) is 2.55. The number of hydrogen-bond donors (Lipinski definition) is 2. The van der Waals surface area contributed by atoms with Crippen LogP contribution in [-0.2, 0) is 0 Å². The maximum atomic E-state index is 5.34. The number of hydrogen-bond acceptors (Lipinski definition) is 3. The molecule has 1 aromatic rings. The first-order valence-corrected chi connectivity index (χ1v) is 3.69. The summed E-state index contributed by atoms with van der Waals surface area (Å²) in [5.41, 5.74) is 7.44. The van der Waals surface area contributed by atoms with Gasteiger partial charge in [0.25, 0.3) is 0 Å². The lowest BCUT2D eigenvalue weighted by Crippen LogP contribution is -2.13. The minimum atomic E-state index is 0.654. The summed E-state index contributed by atoms with van der Waals surface area (Å²) < 4.78 is 0. The van der Waals surface area contributed by atoms with E-state index in [9.17, 15) is 0 Å². The molecule has 1 heterocycles. The van der Waals surface area contributed by atoms with E-state index >= 15 is 0 Å². The van der Waals surface area contributed by atoms with Crippen LogP contribution in [0.25, 0.3) is 0 Å². The Balaban J connectivity index is 2.56. The molecule has 0 amide bonds. The Kier molecular flexibility index (Phi) is 2.86. The van der Waals surface area contributed by atoms with Gasteiger partial charge in [-0.05, 0) is 19.1 Å². The van der Waals surface area contributed by atoms with Crippen LogP contribution in [0.1, 0.15) is 5.69 Å². The minimum Gasteiger partial charge on any atom is -0.384 e. The van der Waals surface area contributed by atoms with Gasteiger partial charge in [0.2, 0.25) is 0 Å². The number of aromatic nitrogens is 1. The summed E-state index contributed by atoms with van der Waals surface area (Å²) in [6.07, 6.45) is 1.79. The standard InChI is InChI=1S/C8H13N3/c1-7-6-8(2-4-10-7)11-5-3-9/h2,4,6H,3,5,9H2,1H3,(H,10,11). The SMILES string of the molecule is Cc1cc(NCCN)ccn1. The van der Waals surface area contributed by atoms with Crippen molar-refractivity contribution in [3.05, 3.63) is 24.0 Å². The van der Waals surface area contributed by atoms with Gasteiger partial charge in [-0.1, -0.05) is 0 Å². The van der Waals surface area contributed by atoms with Crippen LogP contribution in [-0.4, -0.2) is 18.1 Å². The third-order valence-corrected chi connectivity index (χ3v) is 1.37. The second kappa shape index (κ2) is 3.93. The smallest absolute Gasteiger partial charge is 0.0393 e. The van der Waals surface area contributed by atoms with Crippen molar-refractivity contribution in [1.29, 1.82) is 0 Å². The van der Waals surface area contributed by atoms with E-state index in [1.54, 1.807) is 6.20 Å². The highest BCUT2D eigenvalue weighted by molar-refractivity contribution is 5.42. The molecule has 0 unspecified atom stereocenters. The molecule has 0 atom stereocenters. The molecule has 0 fully saturated rings. The summed E-state index contributed by atoms with van der Waals surface area (Å²) in [4.78, 5) is 4.08. The van der Waals surface area contributed by atoms with Crippen LogP contribution in [0.4, 0.5) is 5.69 Å². The highest BCUT2D eigenvalue weighted by Crippen LogP contribution is 2.05. The Bertz CT molecular complexity index is 222. The Labute approximate surface area is 66.6 Å². The fourth-order valence-corrected chi connectivity index (χ4v) is 0.872. The Hall–Kier alpha value is -1.09. The summed E-state index contributed by atoms with van der Waals surface area (Å²) in [7, 11) is 0. The molecule has 3 heteroatoms. The van der Waals surface area contributed by atoms with Gasteiger partial charge in [-0.15, -0.1) is 0 Å². The van der Waals surface area contributed by atoms with E-state index in [0.717, 1.165) is 17.9 Å². The molecule has 3 nitrogen and oxygen atoms in total. The molecule has 11 heavy (non-hydrogen) atoms. The number of rotatable bonds is 3. The molecule has 0 saturated heterocycles. The quantitative estimate of drug-likeness (QED) is 0.670. The first-order chi connectivity index (χ1) is 5.33. The molecule has 0 aliphatic heterocycles. The molecule has 0 aliphatic rings. The maximum Gasteiger partial charge on any atom is 0.0393 e. The largest absolute Gasteiger partial charge is 0.384 e. The van der Waals surface area contributed by atoms with Crippen molar-refractivity contribution in [2.24, 2.45) is 5.73 Å². The highest BCUT2D eigenvalue weighted by Gasteiger charge is 1.89. The van der Waals surface area contributed by atoms with Crippen LogP contribution in [0, 0.1) is 6.92 Å². The zero-order chi connectivity index (χ0) is 8.10. The van der Waals surface area contributed by atoms with Gasteiger partial charge in [0.1, 0.15) is 0 Å². The lowest BCUT2D eigenvalue weighted by atomic mass is 10.3. The predicted molar refractivity (Wildman–Crippen MR) is 46.5 cm³/mol. The zero-order valence-electron chi connectivity index (χ0n) is 6.67. The van der Waals surface area contributed by atoms with E-state index in [0.29, 0.717) is 6.54 Å². The van der Waals surface area contributed by atoms with E-state index < -0.39 is 0 Å². The highest BCUT2D eigenvalue weighted by atomic mass is 14.9. The fraction of sp³-hybridized carbons (Fsp3) is 0.375. The van der Waals surface area contributed by atoms with Crippen molar-refractivity contribution < 1.29 is 0 Å². The van der Waals surface area contributed by atoms with Crippen LogP contribution in [0.15, 0.2) is 18.3 Å². The molecule has 1 aromatic heterocycles. The van der Waals surface area contributed by atoms with Gasteiger partial charge in [0.15, 0.2) is 0 Å². The molecule has 0 aromatic carbocycles. The number of pyridine rings is 1. The van der Waals surface area contributed by atoms with Gasteiger partial charge < -0.3 is 11.1 Å². The normalized spacial score (nSPS) is 9.64. The number of anilines is 1. The number of nitrogens with zero attached hydrogens (tertiary/aromatic N) is 1. The Morgan fingerprint density at radius 1 is 1.64 bits per heavy atom. The van der Waals surface area contributed by atoms with Gasteiger partial charge in [-0.2, -0.15) is 0 Å². The molecule has 0 spiro atoms. The third-order valence-electron chi connectivity index (χ3n) is 1.37. The first-order valence-electron chi connectivity index (χ1n) is 3.69. The molecule has 0 saturated carbocycles. The average Bonchev–Trinajstić information content (AvgIpc) is 2.01. The summed E-state index contributed by atoms with van der Waals surface area (Å²) in [5.74, 6) is 0. The van der Waals surface area contributed by atoms with Crippen LogP contribution in [0.5, 0.6) is 0 Å². The monoisotopic (exact) mass is 151 g/mol. The van der Waals surface area contributed by atoms with Crippen molar-refractivity contribution >= 4 is 5.69 Å². The Morgan fingerprint density at radius 2 is 2.45 bits per heavy atom. The van der Waals surface area contributed by atoms with Gasteiger partial charge >= 0.3 is 0 Å². The van der Waals surface area contributed by atoms with E-state index in [-0.39, 0.29) is 0 Å². The van der Waals surface area contributed by atoms with Crippen molar-refractivity contribution in [3.8, 4) is 0 Å². The molecule has 60 valence electrons. The lowest BCUT2D eigenvalue weighted by Gasteiger charge is -2.03. The van der Waals surface area contributed by atoms with E-state index in [1.807, 2.05) is 19.1 Å². The summed E-state index contributed by atoms with van der Waals surface area (Å²) in [6, 6.07) is 3.93. The molecular formula is C8H13N3. The average molecular weight is 151 g/mol. The van der Waals surface area contributed by atoms with Crippen molar-refractivity contribution in [2.75, 3.05) is 18.4 Å². The summed E-state index contributed by atoms with van der Waals surface area (Å²) in [6.45, 7) is 3.43. The zero-order valence-corrected chi connectivity index (χ0v) is 6.67. The molecule has 3 N–H and O–H groups in total. The van der Waals surface area contributed by atoms with Crippen LogP contribution < -0.4 is 11.1 Å². The predicted octanol–water partition coefficient (Wildman–Crippen LogP) is 0.761. The van der Waals surface area contributed by atoms with Crippen LogP contribution in [0.2, 0.25) is 0 Å². The molecule has 0 bridgehead atoms. The lowest BCUT2D eigenvalue weighted by molar-refractivity contribution is 1.02. The molecule has 0 aliphatic carbocycles. The van der Waals surface area contributed by atoms with Gasteiger partial charge in [0, 0.05) is 30.7 Å². The topological polar surface area (TPSA) is 50.9 Å². The molecule has 0 radical (unpaired) electrons. The molecular weight excluding hydrogens is 138 g/mol. The number of nitrogens with two attached hydrogens (primary N) is 1. The van der Waals surface area contributed by atoms with Gasteiger partial charge in [-0.25, -0.2) is 0 Å². The van der Waals surface area contributed by atoms with Crippen molar-refractivity contribution in [2.45, 2.75) is 6.92 Å². The van der Waals surface area contributed by atoms with E-state index in [2.05, 4.69) is 10.3 Å². The fourth-order valence-electron chi connectivity index (χ4n) is 0.872. The first kappa shape index (κ1) is 8.01. The van der Waals surface area contributed by atoms with Crippen molar-refractivity contribution in [3.63, 3.8) is 0 Å². The Morgan fingerprint density at radius 3 is 3.09 bits per heavy atom. The van der Waals surface area contributed by atoms with Crippen molar-refractivity contribution in [1.82, 2.24) is 4.98 Å². The van der Waals surface area contributed by atoms with E-state index in [1.165, 1.54) is 0 Å². The van der Waals surface area contributed by atoms with Gasteiger partial charge in [0.05, 0.1) is 0 Å². The van der Waals surface area contributed by atoms with Crippen LogP contribution in [0.3, 0.4) is 0 Å². The summed E-state index contributed by atoms with van der Waals surface area (Å²) >= 11 is 0.